The summed E-state index contributed by atoms with van der Waals surface area (Å²) in [7, 11) is -2.27. The Bertz CT molecular complexity index is 703. The lowest BCUT2D eigenvalue weighted by atomic mass is 10.6. The van der Waals surface area contributed by atoms with Gasteiger partial charge in [-0.15, -0.1) is 0 Å². The predicted molar refractivity (Wildman–Crippen MR) is 72.1 cm³/mol. The van der Waals surface area contributed by atoms with Crippen LogP contribution in [0.2, 0.25) is 0 Å². The first-order valence-corrected chi connectivity index (χ1v) is 7.45. The van der Waals surface area contributed by atoms with E-state index in [1.165, 1.54) is 17.9 Å². The van der Waals surface area contributed by atoms with Crippen molar-refractivity contribution in [1.29, 1.82) is 0 Å². The smallest absolute Gasteiger partial charge is 0.248 e. The SMILES string of the molecule is CCn1cc(S(=O)(=O)N(C)Cc2n[nH]c(C)n2)c(N)n1. The number of sulfonamides is 1. The number of aryl methyl sites for hydroxylation is 2. The van der Waals surface area contributed by atoms with Crippen molar-refractivity contribution < 1.29 is 8.42 Å². The molecule has 0 saturated heterocycles. The number of H-pyrrole nitrogens is 1. The fourth-order valence-corrected chi connectivity index (χ4v) is 2.87. The molecule has 0 aromatic carbocycles. The number of nitrogens with two attached hydrogens (primary N) is 1. The minimum atomic E-state index is -3.72. The first kappa shape index (κ1) is 14.5. The molecule has 0 aliphatic heterocycles. The molecule has 0 unspecified atom stereocenters. The summed E-state index contributed by atoms with van der Waals surface area (Å²) >= 11 is 0. The second-order valence-corrected chi connectivity index (χ2v) is 6.35. The third-order valence-electron chi connectivity index (χ3n) is 2.77. The summed E-state index contributed by atoms with van der Waals surface area (Å²) < 4.78 is 27.5. The number of aromatic amines is 1. The number of nitrogen functional groups attached to an aromatic ring is 1. The van der Waals surface area contributed by atoms with Crippen molar-refractivity contribution in [3.8, 4) is 0 Å². The van der Waals surface area contributed by atoms with E-state index in [1.54, 1.807) is 6.92 Å². The molecule has 2 rings (SSSR count). The Morgan fingerprint density at radius 1 is 1.50 bits per heavy atom. The zero-order chi connectivity index (χ0) is 14.9. The first-order chi connectivity index (χ1) is 9.34. The molecule has 3 N–H and O–H groups in total. The normalized spacial score (nSPS) is 12.2. The van der Waals surface area contributed by atoms with Crippen LogP contribution < -0.4 is 5.73 Å². The molecule has 2 heterocycles. The van der Waals surface area contributed by atoms with Crippen molar-refractivity contribution in [3.05, 3.63) is 17.8 Å². The third-order valence-corrected chi connectivity index (χ3v) is 4.59. The minimum Gasteiger partial charge on any atom is -0.381 e. The van der Waals surface area contributed by atoms with Crippen LogP contribution >= 0.6 is 0 Å². The van der Waals surface area contributed by atoms with E-state index in [4.69, 9.17) is 5.73 Å². The summed E-state index contributed by atoms with van der Waals surface area (Å²) in [6.45, 7) is 4.20. The topological polar surface area (TPSA) is 123 Å². The fourth-order valence-electron chi connectivity index (χ4n) is 1.69. The number of hydrogen-bond acceptors (Lipinski definition) is 6. The van der Waals surface area contributed by atoms with Gasteiger partial charge in [-0.25, -0.2) is 13.4 Å². The standard InChI is InChI=1S/C10H17N7O2S/c1-4-17-5-8(10(11)15-17)20(18,19)16(3)6-9-12-7(2)13-14-9/h5H,4,6H2,1-3H3,(H2,11,15)(H,12,13,14). The quantitative estimate of drug-likeness (QED) is 0.783. The van der Waals surface area contributed by atoms with Crippen LogP contribution in [0.25, 0.3) is 0 Å². The maximum absolute atomic E-state index is 12.4. The lowest BCUT2D eigenvalue weighted by molar-refractivity contribution is 0.457. The number of nitrogens with one attached hydrogen (secondary N) is 1. The number of rotatable bonds is 5. The van der Waals surface area contributed by atoms with E-state index in [2.05, 4.69) is 20.3 Å². The summed E-state index contributed by atoms with van der Waals surface area (Å²) in [5, 5.41) is 10.5. The zero-order valence-electron chi connectivity index (χ0n) is 11.5. The Morgan fingerprint density at radius 3 is 2.70 bits per heavy atom. The summed E-state index contributed by atoms with van der Waals surface area (Å²) in [5.41, 5.74) is 5.66. The van der Waals surface area contributed by atoms with Gasteiger partial charge in [-0.3, -0.25) is 9.78 Å². The molecule has 0 saturated carbocycles. The Kier molecular flexibility index (Phi) is 3.77. The summed E-state index contributed by atoms with van der Waals surface area (Å²) in [5.74, 6) is 1.02. The second kappa shape index (κ2) is 5.21. The van der Waals surface area contributed by atoms with Crippen molar-refractivity contribution in [2.75, 3.05) is 12.8 Å². The second-order valence-electron chi connectivity index (χ2n) is 4.33. The van der Waals surface area contributed by atoms with E-state index in [0.29, 0.717) is 18.2 Å². The molecule has 110 valence electrons. The molecule has 0 amide bonds. The van der Waals surface area contributed by atoms with Crippen LogP contribution in [0, 0.1) is 6.92 Å². The van der Waals surface area contributed by atoms with E-state index in [1.807, 2.05) is 6.92 Å². The van der Waals surface area contributed by atoms with E-state index < -0.39 is 10.0 Å². The van der Waals surface area contributed by atoms with Crippen molar-refractivity contribution in [2.45, 2.75) is 31.8 Å². The minimum absolute atomic E-state index is 0.00546. The molecule has 0 bridgehead atoms. The number of anilines is 1. The lowest BCUT2D eigenvalue weighted by Crippen LogP contribution is -2.27. The molecule has 0 fully saturated rings. The average molecular weight is 299 g/mol. The Labute approximate surface area is 116 Å². The van der Waals surface area contributed by atoms with Crippen molar-refractivity contribution in [1.82, 2.24) is 29.3 Å². The van der Waals surface area contributed by atoms with Crippen LogP contribution in [0.1, 0.15) is 18.6 Å². The van der Waals surface area contributed by atoms with Gasteiger partial charge in [0.05, 0.1) is 6.54 Å². The first-order valence-electron chi connectivity index (χ1n) is 6.01. The maximum Gasteiger partial charge on any atom is 0.248 e. The molecule has 9 nitrogen and oxygen atoms in total. The molecule has 0 radical (unpaired) electrons. The Balaban J connectivity index is 2.26. The number of nitrogens with zero attached hydrogens (tertiary/aromatic N) is 5. The Hall–Kier alpha value is -1.94. The largest absolute Gasteiger partial charge is 0.381 e. The maximum atomic E-state index is 12.4. The van der Waals surface area contributed by atoms with Gasteiger partial charge in [-0.1, -0.05) is 0 Å². The molecule has 20 heavy (non-hydrogen) atoms. The monoisotopic (exact) mass is 299 g/mol. The summed E-state index contributed by atoms with van der Waals surface area (Å²) in [6, 6.07) is 0. The molecule has 2 aromatic rings. The molecule has 2 aromatic heterocycles. The van der Waals surface area contributed by atoms with Crippen LogP contribution in [-0.4, -0.2) is 44.7 Å². The Morgan fingerprint density at radius 2 is 2.20 bits per heavy atom. The van der Waals surface area contributed by atoms with Crippen LogP contribution in [0.3, 0.4) is 0 Å². The van der Waals surface area contributed by atoms with Crippen LogP contribution in [0.15, 0.2) is 11.1 Å². The van der Waals surface area contributed by atoms with E-state index in [-0.39, 0.29) is 17.3 Å². The van der Waals surface area contributed by atoms with Gasteiger partial charge in [0.1, 0.15) is 10.7 Å². The molecule has 0 atom stereocenters. The van der Waals surface area contributed by atoms with Crippen molar-refractivity contribution >= 4 is 15.8 Å². The molecule has 0 aliphatic rings. The summed E-state index contributed by atoms with van der Waals surface area (Å²) in [6.07, 6.45) is 1.42. The molecular formula is C10H17N7O2S. The molecular weight excluding hydrogens is 282 g/mol. The third kappa shape index (κ3) is 2.65. The van der Waals surface area contributed by atoms with Gasteiger partial charge in [0.2, 0.25) is 10.0 Å². The highest BCUT2D eigenvalue weighted by atomic mass is 32.2. The number of aromatic nitrogens is 5. The fraction of sp³-hybridized carbons (Fsp3) is 0.500. The van der Waals surface area contributed by atoms with Gasteiger partial charge < -0.3 is 5.73 Å². The number of hydrogen-bond donors (Lipinski definition) is 2. The predicted octanol–water partition coefficient (Wildman–Crippen LogP) is -0.268. The lowest BCUT2D eigenvalue weighted by Gasteiger charge is -2.14. The highest BCUT2D eigenvalue weighted by Gasteiger charge is 2.26. The van der Waals surface area contributed by atoms with Gasteiger partial charge in [0, 0.05) is 19.8 Å². The molecule has 0 aliphatic carbocycles. The van der Waals surface area contributed by atoms with Crippen LogP contribution in [0.4, 0.5) is 5.82 Å². The van der Waals surface area contributed by atoms with Gasteiger partial charge in [0.15, 0.2) is 11.6 Å². The highest BCUT2D eigenvalue weighted by molar-refractivity contribution is 7.89. The van der Waals surface area contributed by atoms with Crippen molar-refractivity contribution in [3.63, 3.8) is 0 Å². The van der Waals surface area contributed by atoms with E-state index in [0.717, 1.165) is 4.31 Å². The zero-order valence-corrected chi connectivity index (χ0v) is 12.3. The van der Waals surface area contributed by atoms with Gasteiger partial charge in [0.25, 0.3) is 0 Å². The van der Waals surface area contributed by atoms with E-state index in [9.17, 15) is 8.42 Å². The molecule has 0 spiro atoms. The highest BCUT2D eigenvalue weighted by Crippen LogP contribution is 2.21. The van der Waals surface area contributed by atoms with Gasteiger partial charge in [-0.05, 0) is 13.8 Å². The van der Waals surface area contributed by atoms with Gasteiger partial charge >= 0.3 is 0 Å². The summed E-state index contributed by atoms with van der Waals surface area (Å²) in [4.78, 5) is 4.07. The van der Waals surface area contributed by atoms with Crippen LogP contribution in [-0.2, 0) is 23.1 Å². The van der Waals surface area contributed by atoms with E-state index >= 15 is 0 Å². The molecule has 10 heteroatoms. The average Bonchev–Trinajstić information content (AvgIpc) is 2.95. The van der Waals surface area contributed by atoms with Gasteiger partial charge in [-0.2, -0.15) is 14.5 Å². The van der Waals surface area contributed by atoms with Crippen LogP contribution in [0.5, 0.6) is 0 Å². The van der Waals surface area contributed by atoms with Crippen molar-refractivity contribution in [2.24, 2.45) is 0 Å².